The van der Waals surface area contributed by atoms with Gasteiger partial charge in [0.05, 0.1) is 23.0 Å². The fourth-order valence-electron chi connectivity index (χ4n) is 2.09. The third kappa shape index (κ3) is 2.74. The van der Waals surface area contributed by atoms with Crippen LogP contribution in [-0.4, -0.2) is 23.9 Å². The number of benzene rings is 1. The minimum atomic E-state index is -0.269. The van der Waals surface area contributed by atoms with Gasteiger partial charge in [0.1, 0.15) is 0 Å². The summed E-state index contributed by atoms with van der Waals surface area (Å²) in [6, 6.07) is 7.88. The number of hydrogen-bond acceptors (Lipinski definition) is 3. The van der Waals surface area contributed by atoms with Crippen LogP contribution in [0.2, 0.25) is 5.02 Å². The molecule has 0 aliphatic carbocycles. The van der Waals surface area contributed by atoms with Crippen molar-refractivity contribution < 1.29 is 0 Å². The predicted octanol–water partition coefficient (Wildman–Crippen LogP) is 2.67. The molecule has 0 spiro atoms. The Morgan fingerprint density at radius 3 is 2.79 bits per heavy atom. The van der Waals surface area contributed by atoms with E-state index in [-0.39, 0.29) is 6.04 Å². The van der Waals surface area contributed by atoms with Gasteiger partial charge in [0.15, 0.2) is 0 Å². The van der Waals surface area contributed by atoms with Crippen LogP contribution in [-0.2, 0) is 6.54 Å². The van der Waals surface area contributed by atoms with Gasteiger partial charge in [-0.15, -0.1) is 0 Å². The topological polar surface area (TPSA) is 47.1 Å². The molecule has 0 radical (unpaired) electrons. The van der Waals surface area contributed by atoms with Gasteiger partial charge in [-0.3, -0.25) is 4.68 Å². The zero-order chi connectivity index (χ0) is 14.0. The summed E-state index contributed by atoms with van der Waals surface area (Å²) in [7, 11) is 4.02. The number of nitrogens with zero attached hydrogens (tertiary/aromatic N) is 3. The second-order valence-corrected chi connectivity index (χ2v) is 5.07. The summed E-state index contributed by atoms with van der Waals surface area (Å²) in [4.78, 5) is 2.05. The van der Waals surface area contributed by atoms with Crippen molar-refractivity contribution in [3.05, 3.63) is 46.7 Å². The van der Waals surface area contributed by atoms with Crippen LogP contribution in [0, 0.1) is 0 Å². The van der Waals surface area contributed by atoms with Crippen LogP contribution < -0.4 is 10.6 Å². The molecule has 102 valence electrons. The summed E-state index contributed by atoms with van der Waals surface area (Å²) in [5.41, 5.74) is 9.35. The van der Waals surface area contributed by atoms with Crippen molar-refractivity contribution in [3.8, 4) is 0 Å². The Hall–Kier alpha value is -1.52. The summed E-state index contributed by atoms with van der Waals surface area (Å²) in [5, 5.41) is 4.85. The number of hydrogen-bond donors (Lipinski definition) is 1. The normalized spacial score (nSPS) is 12.5. The molecule has 5 heteroatoms. The van der Waals surface area contributed by atoms with Crippen LogP contribution in [0.5, 0.6) is 0 Å². The fourth-order valence-corrected chi connectivity index (χ4v) is 2.35. The summed E-state index contributed by atoms with van der Waals surface area (Å²) in [6.07, 6.45) is 1.65. The highest BCUT2D eigenvalue weighted by atomic mass is 35.5. The molecule has 19 heavy (non-hydrogen) atoms. The minimum absolute atomic E-state index is 0.269. The van der Waals surface area contributed by atoms with Gasteiger partial charge in [0.25, 0.3) is 0 Å². The molecule has 1 unspecified atom stereocenters. The molecule has 2 N–H and O–H groups in total. The Labute approximate surface area is 118 Å². The molecule has 0 amide bonds. The van der Waals surface area contributed by atoms with Crippen molar-refractivity contribution in [2.24, 2.45) is 5.73 Å². The van der Waals surface area contributed by atoms with Gasteiger partial charge in [0, 0.05) is 26.3 Å². The molecule has 2 aromatic rings. The Bertz CT molecular complexity index is 562. The average molecular weight is 279 g/mol. The van der Waals surface area contributed by atoms with Gasteiger partial charge in [-0.25, -0.2) is 0 Å². The summed E-state index contributed by atoms with van der Waals surface area (Å²) < 4.78 is 1.84. The Morgan fingerprint density at radius 1 is 1.42 bits per heavy atom. The van der Waals surface area contributed by atoms with Crippen molar-refractivity contribution in [1.82, 2.24) is 9.78 Å². The first kappa shape index (κ1) is 13.9. The lowest BCUT2D eigenvalue weighted by Crippen LogP contribution is -2.18. The van der Waals surface area contributed by atoms with E-state index < -0.39 is 0 Å². The van der Waals surface area contributed by atoms with Gasteiger partial charge in [-0.05, 0) is 24.6 Å². The van der Waals surface area contributed by atoms with Crippen molar-refractivity contribution in [2.45, 2.75) is 19.5 Å². The van der Waals surface area contributed by atoms with Crippen LogP contribution >= 0.6 is 11.6 Å². The van der Waals surface area contributed by atoms with E-state index in [0.717, 1.165) is 23.5 Å². The van der Waals surface area contributed by atoms with Crippen molar-refractivity contribution in [3.63, 3.8) is 0 Å². The van der Waals surface area contributed by atoms with Crippen molar-refractivity contribution >= 4 is 17.3 Å². The highest BCUT2D eigenvalue weighted by molar-refractivity contribution is 6.31. The van der Waals surface area contributed by atoms with E-state index in [9.17, 15) is 0 Å². The van der Waals surface area contributed by atoms with Gasteiger partial charge < -0.3 is 10.6 Å². The molecular weight excluding hydrogens is 260 g/mol. The Morgan fingerprint density at radius 2 is 2.16 bits per heavy atom. The van der Waals surface area contributed by atoms with E-state index in [2.05, 4.69) is 22.1 Å². The van der Waals surface area contributed by atoms with Crippen molar-refractivity contribution in [1.29, 1.82) is 0 Å². The smallest absolute Gasteiger partial charge is 0.0837 e. The van der Waals surface area contributed by atoms with Gasteiger partial charge in [0.2, 0.25) is 0 Å². The third-order valence-corrected chi connectivity index (χ3v) is 3.46. The summed E-state index contributed by atoms with van der Waals surface area (Å²) in [6.45, 7) is 2.78. The van der Waals surface area contributed by atoms with Crippen LogP contribution in [0.15, 0.2) is 30.5 Å². The minimum Gasteiger partial charge on any atom is -0.378 e. The molecule has 1 atom stereocenters. The Balaban J connectivity index is 2.41. The lowest BCUT2D eigenvalue weighted by molar-refractivity contribution is 0.601. The Kier molecular flexibility index (Phi) is 4.12. The third-order valence-electron chi connectivity index (χ3n) is 3.17. The molecule has 1 aromatic carbocycles. The number of rotatable bonds is 4. The molecule has 0 aliphatic heterocycles. The molecule has 0 saturated heterocycles. The van der Waals surface area contributed by atoms with E-state index in [1.807, 2.05) is 37.8 Å². The van der Waals surface area contributed by atoms with Gasteiger partial charge in [-0.1, -0.05) is 23.7 Å². The quantitative estimate of drug-likeness (QED) is 0.935. The highest BCUT2D eigenvalue weighted by Gasteiger charge is 2.18. The zero-order valence-corrected chi connectivity index (χ0v) is 12.2. The summed E-state index contributed by atoms with van der Waals surface area (Å²) in [5.74, 6) is 0. The first-order valence-corrected chi connectivity index (χ1v) is 6.66. The van der Waals surface area contributed by atoms with Crippen molar-refractivity contribution in [2.75, 3.05) is 19.0 Å². The molecule has 1 aromatic heterocycles. The summed E-state index contributed by atoms with van der Waals surface area (Å²) >= 11 is 6.20. The molecule has 4 nitrogen and oxygen atoms in total. The second-order valence-electron chi connectivity index (χ2n) is 4.66. The van der Waals surface area contributed by atoms with E-state index in [1.165, 1.54) is 0 Å². The number of aromatic nitrogens is 2. The van der Waals surface area contributed by atoms with Crippen LogP contribution in [0.1, 0.15) is 24.2 Å². The first-order valence-electron chi connectivity index (χ1n) is 6.28. The number of anilines is 1. The highest BCUT2D eigenvalue weighted by Crippen LogP contribution is 2.28. The molecule has 0 fully saturated rings. The molecular formula is C14H19ClN4. The standard InChI is InChI=1S/C14H19ClN4/c1-4-19-14(12(15)9-17-19)13(16)10-6-5-7-11(8-10)18(2)3/h5-9,13H,4,16H2,1-3H3. The largest absolute Gasteiger partial charge is 0.378 e. The zero-order valence-electron chi connectivity index (χ0n) is 11.5. The van der Waals surface area contributed by atoms with E-state index in [0.29, 0.717) is 5.02 Å². The molecule has 0 bridgehead atoms. The van der Waals surface area contributed by atoms with E-state index in [1.54, 1.807) is 6.20 Å². The predicted molar refractivity (Wildman–Crippen MR) is 79.7 cm³/mol. The fraction of sp³-hybridized carbons (Fsp3) is 0.357. The average Bonchev–Trinajstić information content (AvgIpc) is 2.79. The maximum atomic E-state index is 6.34. The van der Waals surface area contributed by atoms with E-state index in [4.69, 9.17) is 17.3 Å². The van der Waals surface area contributed by atoms with Crippen LogP contribution in [0.3, 0.4) is 0 Å². The van der Waals surface area contributed by atoms with Gasteiger partial charge >= 0.3 is 0 Å². The molecule has 1 heterocycles. The lowest BCUT2D eigenvalue weighted by Gasteiger charge is -2.18. The van der Waals surface area contributed by atoms with E-state index >= 15 is 0 Å². The SMILES string of the molecule is CCn1ncc(Cl)c1C(N)c1cccc(N(C)C)c1. The maximum Gasteiger partial charge on any atom is 0.0837 e. The first-order chi connectivity index (χ1) is 9.04. The molecule has 2 rings (SSSR count). The second kappa shape index (κ2) is 5.63. The monoisotopic (exact) mass is 278 g/mol. The number of aryl methyl sites for hydroxylation is 1. The number of nitrogens with two attached hydrogens (primary N) is 1. The van der Waals surface area contributed by atoms with Gasteiger partial charge in [-0.2, -0.15) is 5.10 Å². The molecule has 0 aliphatic rings. The number of halogens is 1. The lowest BCUT2D eigenvalue weighted by atomic mass is 10.0. The molecule has 0 saturated carbocycles. The van der Waals surface area contributed by atoms with Crippen LogP contribution in [0.25, 0.3) is 0 Å². The maximum absolute atomic E-state index is 6.34. The van der Waals surface area contributed by atoms with Crippen LogP contribution in [0.4, 0.5) is 5.69 Å².